The Morgan fingerprint density at radius 2 is 1.32 bits per heavy atom. The van der Waals surface area contributed by atoms with Crippen molar-refractivity contribution in [2.24, 2.45) is 0 Å². The van der Waals surface area contributed by atoms with Gasteiger partial charge < -0.3 is 9.47 Å². The van der Waals surface area contributed by atoms with Crippen molar-refractivity contribution in [2.75, 3.05) is 4.90 Å². The summed E-state index contributed by atoms with van der Waals surface area (Å²) in [4.78, 5) is 2.67. The third kappa shape index (κ3) is 2.89. The summed E-state index contributed by atoms with van der Waals surface area (Å²) in [5.74, 6) is 0. The van der Waals surface area contributed by atoms with Crippen LogP contribution in [0.1, 0.15) is 44.4 Å². The smallest absolute Gasteiger partial charge is 0.0600 e. The van der Waals surface area contributed by atoms with Crippen molar-refractivity contribution in [1.82, 2.24) is 4.57 Å². The van der Waals surface area contributed by atoms with Crippen molar-refractivity contribution < 1.29 is 0 Å². The number of anilines is 2. The van der Waals surface area contributed by atoms with Gasteiger partial charge in [0.2, 0.25) is 0 Å². The Labute approximate surface area is 236 Å². The summed E-state index contributed by atoms with van der Waals surface area (Å²) in [6, 6.07) is 40.7. The molecule has 0 saturated carbocycles. The summed E-state index contributed by atoms with van der Waals surface area (Å²) in [6.07, 6.45) is 0. The van der Waals surface area contributed by atoms with E-state index in [9.17, 15) is 0 Å². The molecule has 8 rings (SSSR count). The summed E-state index contributed by atoms with van der Waals surface area (Å²) >= 11 is 0. The molecule has 5 aromatic carbocycles. The number of hydrogen-bond donors (Lipinski definition) is 0. The second-order valence-electron chi connectivity index (χ2n) is 12.8. The lowest BCUT2D eigenvalue weighted by Gasteiger charge is -2.38. The normalized spacial score (nSPS) is 18.2. The van der Waals surface area contributed by atoms with Crippen LogP contribution in [0, 0.1) is 6.92 Å². The molecule has 2 aliphatic rings. The number of rotatable bonds is 2. The predicted octanol–water partition coefficient (Wildman–Crippen LogP) is 9.85. The van der Waals surface area contributed by atoms with Crippen molar-refractivity contribution in [3.8, 4) is 16.8 Å². The first-order valence-corrected chi connectivity index (χ1v) is 14.4. The van der Waals surface area contributed by atoms with E-state index in [4.69, 9.17) is 0 Å². The second-order valence-corrected chi connectivity index (χ2v) is 12.8. The topological polar surface area (TPSA) is 8.17 Å². The maximum Gasteiger partial charge on any atom is 0.0600 e. The highest BCUT2D eigenvalue weighted by molar-refractivity contribution is 6.12. The molecule has 6 aromatic rings. The summed E-state index contributed by atoms with van der Waals surface area (Å²) in [6.45, 7) is 12.1. The van der Waals surface area contributed by atoms with Crippen molar-refractivity contribution in [2.45, 2.75) is 51.5 Å². The third-order valence-electron chi connectivity index (χ3n) is 9.76. The van der Waals surface area contributed by atoms with E-state index in [0.29, 0.717) is 6.04 Å². The molecule has 0 saturated heterocycles. The molecule has 0 N–H and O–H groups in total. The van der Waals surface area contributed by atoms with Gasteiger partial charge in [-0.15, -0.1) is 0 Å². The Bertz CT molecular complexity index is 1970. The van der Waals surface area contributed by atoms with Gasteiger partial charge in [-0.2, -0.15) is 0 Å². The molecule has 2 nitrogen and oxygen atoms in total. The van der Waals surface area contributed by atoms with Crippen LogP contribution in [0.5, 0.6) is 0 Å². The fourth-order valence-corrected chi connectivity index (χ4v) is 8.29. The van der Waals surface area contributed by atoms with E-state index in [-0.39, 0.29) is 10.8 Å². The van der Waals surface area contributed by atoms with Gasteiger partial charge in [-0.3, -0.25) is 0 Å². The van der Waals surface area contributed by atoms with Gasteiger partial charge in [0.15, 0.2) is 0 Å². The maximum atomic E-state index is 2.67. The summed E-state index contributed by atoms with van der Waals surface area (Å²) < 4.78 is 2.50. The van der Waals surface area contributed by atoms with Crippen molar-refractivity contribution in [3.05, 3.63) is 126 Å². The van der Waals surface area contributed by atoms with E-state index in [2.05, 4.69) is 153 Å². The minimum atomic E-state index is -0.0822. The van der Waals surface area contributed by atoms with E-state index in [1.54, 1.807) is 0 Å². The molecule has 196 valence electrons. The molecule has 3 heterocycles. The standard InChI is InChI=1S/C38H34N2/c1-24-13-9-10-16-27(24)25-19-21-32-30(23-25)37(2,3)36-38(4,5)34-33(40(32)36)22-20-29-28-17-11-12-18-31(28)39(35(29)34)26-14-7-6-8-15-26/h6-23,36H,1-5H3. The predicted molar refractivity (Wildman–Crippen MR) is 169 cm³/mol. The SMILES string of the molecule is Cc1ccccc1-c1ccc2c(c1)C(C)(C)C1N2c2ccc3c4ccccc4n(-c4ccccc4)c3c2C1(C)C. The molecular weight excluding hydrogens is 484 g/mol. The Balaban J connectivity index is 1.43. The fraction of sp³-hybridized carbons (Fsp3) is 0.211. The van der Waals surface area contributed by atoms with Gasteiger partial charge in [0.05, 0.1) is 17.1 Å². The first-order valence-electron chi connectivity index (χ1n) is 14.4. The quantitative estimate of drug-likeness (QED) is 0.221. The summed E-state index contributed by atoms with van der Waals surface area (Å²) in [5, 5.41) is 2.65. The number of nitrogens with zero attached hydrogens (tertiary/aromatic N) is 2. The summed E-state index contributed by atoms with van der Waals surface area (Å²) in [5.41, 5.74) is 13.3. The van der Waals surface area contributed by atoms with Crippen LogP contribution in [0.3, 0.4) is 0 Å². The molecular formula is C38H34N2. The van der Waals surface area contributed by atoms with Crippen LogP contribution in [-0.4, -0.2) is 10.6 Å². The lowest BCUT2D eigenvalue weighted by molar-refractivity contribution is 0.323. The molecule has 1 unspecified atom stereocenters. The monoisotopic (exact) mass is 518 g/mol. The highest BCUT2D eigenvalue weighted by atomic mass is 15.2. The van der Waals surface area contributed by atoms with Gasteiger partial charge in [0.25, 0.3) is 0 Å². The highest BCUT2D eigenvalue weighted by Crippen LogP contribution is 2.62. The van der Waals surface area contributed by atoms with Gasteiger partial charge in [-0.05, 0) is 65.6 Å². The molecule has 0 spiro atoms. The molecule has 40 heavy (non-hydrogen) atoms. The maximum absolute atomic E-state index is 2.67. The molecule has 0 bridgehead atoms. The van der Waals surface area contributed by atoms with Crippen LogP contribution in [0.4, 0.5) is 11.4 Å². The molecule has 2 aliphatic heterocycles. The number of hydrogen-bond acceptors (Lipinski definition) is 1. The van der Waals surface area contributed by atoms with Gasteiger partial charge >= 0.3 is 0 Å². The zero-order valence-corrected chi connectivity index (χ0v) is 23.9. The number of aryl methyl sites for hydroxylation is 1. The molecule has 0 radical (unpaired) electrons. The van der Waals surface area contributed by atoms with Crippen LogP contribution in [-0.2, 0) is 10.8 Å². The van der Waals surface area contributed by atoms with Crippen LogP contribution >= 0.6 is 0 Å². The van der Waals surface area contributed by atoms with E-state index >= 15 is 0 Å². The average molecular weight is 519 g/mol. The van der Waals surface area contributed by atoms with Crippen LogP contribution in [0.15, 0.2) is 109 Å². The minimum absolute atomic E-state index is 0.0353. The van der Waals surface area contributed by atoms with Crippen LogP contribution in [0.2, 0.25) is 0 Å². The number of fused-ring (bicyclic) bond motifs is 9. The van der Waals surface area contributed by atoms with E-state index in [1.807, 2.05) is 0 Å². The fourth-order valence-electron chi connectivity index (χ4n) is 8.29. The average Bonchev–Trinajstić information content (AvgIpc) is 3.51. The lowest BCUT2D eigenvalue weighted by Crippen LogP contribution is -2.47. The van der Waals surface area contributed by atoms with Crippen molar-refractivity contribution >= 4 is 33.2 Å². The molecule has 0 amide bonds. The minimum Gasteiger partial charge on any atom is -0.336 e. The Hall–Kier alpha value is -4.30. The van der Waals surface area contributed by atoms with Gasteiger partial charge in [0, 0.05) is 44.2 Å². The molecule has 2 heteroatoms. The first-order chi connectivity index (χ1) is 19.3. The third-order valence-corrected chi connectivity index (χ3v) is 9.76. The second kappa shape index (κ2) is 7.88. The summed E-state index contributed by atoms with van der Waals surface area (Å²) in [7, 11) is 0. The zero-order chi connectivity index (χ0) is 27.4. The Kier molecular flexibility index (Phi) is 4.65. The zero-order valence-electron chi connectivity index (χ0n) is 23.9. The molecule has 1 atom stereocenters. The van der Waals surface area contributed by atoms with Gasteiger partial charge in [-0.1, -0.05) is 100 Å². The number of benzene rings is 5. The number of para-hydroxylation sites is 2. The highest BCUT2D eigenvalue weighted by Gasteiger charge is 2.58. The molecule has 0 aliphatic carbocycles. The van der Waals surface area contributed by atoms with E-state index < -0.39 is 0 Å². The largest absolute Gasteiger partial charge is 0.336 e. The van der Waals surface area contributed by atoms with E-state index in [0.717, 1.165) is 0 Å². The van der Waals surface area contributed by atoms with Crippen molar-refractivity contribution in [3.63, 3.8) is 0 Å². The number of aromatic nitrogens is 1. The molecule has 0 fully saturated rings. The van der Waals surface area contributed by atoms with Gasteiger partial charge in [-0.25, -0.2) is 0 Å². The van der Waals surface area contributed by atoms with Crippen molar-refractivity contribution in [1.29, 1.82) is 0 Å². The Morgan fingerprint density at radius 1 is 0.625 bits per heavy atom. The van der Waals surface area contributed by atoms with Crippen LogP contribution in [0.25, 0.3) is 38.6 Å². The van der Waals surface area contributed by atoms with E-state index in [1.165, 1.54) is 66.7 Å². The first kappa shape index (κ1) is 23.6. The lowest BCUT2D eigenvalue weighted by atomic mass is 9.67. The molecule has 1 aromatic heterocycles. The Morgan fingerprint density at radius 3 is 2.12 bits per heavy atom. The van der Waals surface area contributed by atoms with Crippen LogP contribution < -0.4 is 4.90 Å². The van der Waals surface area contributed by atoms with Gasteiger partial charge in [0.1, 0.15) is 0 Å².